The first-order valence-electron chi connectivity index (χ1n) is 5.43. The number of nitrogens with one attached hydrogen (secondary N) is 1. The Bertz CT molecular complexity index is 445. The number of carbonyl (C=O) groups excluding carboxylic acids is 1. The molecule has 1 aromatic heterocycles. The number of hydrogen-bond acceptors (Lipinski definition) is 3. The van der Waals surface area contributed by atoms with Gasteiger partial charge in [-0.15, -0.1) is 0 Å². The van der Waals surface area contributed by atoms with Crippen LogP contribution >= 0.6 is 11.6 Å². The maximum atomic E-state index is 11.5. The van der Waals surface area contributed by atoms with Gasteiger partial charge in [-0.2, -0.15) is 0 Å². The normalized spacial score (nSPS) is 19.3. The van der Waals surface area contributed by atoms with Crippen molar-refractivity contribution in [1.29, 1.82) is 0 Å². The van der Waals surface area contributed by atoms with E-state index in [1.165, 1.54) is 12.8 Å². The van der Waals surface area contributed by atoms with Crippen molar-refractivity contribution < 1.29 is 4.79 Å². The Morgan fingerprint density at radius 2 is 2.38 bits per heavy atom. The second-order valence-electron chi connectivity index (χ2n) is 4.40. The van der Waals surface area contributed by atoms with Crippen LogP contribution in [0.4, 0.5) is 11.5 Å². The van der Waals surface area contributed by atoms with Crippen LogP contribution in [0.2, 0.25) is 5.02 Å². The van der Waals surface area contributed by atoms with Crippen molar-refractivity contribution in [2.45, 2.75) is 12.8 Å². The van der Waals surface area contributed by atoms with Gasteiger partial charge in [-0.05, 0) is 24.8 Å². The molecule has 0 saturated heterocycles. The molecular formula is C11H12ClN3O. The SMILES string of the molecule is O=C1CN(CC2CC2)c2ncc(Cl)cc2N1. The number of aromatic nitrogens is 1. The van der Waals surface area contributed by atoms with E-state index in [0.717, 1.165) is 24.0 Å². The van der Waals surface area contributed by atoms with Crippen molar-refractivity contribution in [3.05, 3.63) is 17.3 Å². The first-order valence-corrected chi connectivity index (χ1v) is 5.80. The van der Waals surface area contributed by atoms with E-state index in [0.29, 0.717) is 11.6 Å². The molecule has 0 atom stereocenters. The minimum atomic E-state index is 0.0113. The van der Waals surface area contributed by atoms with Gasteiger partial charge in [-0.25, -0.2) is 4.98 Å². The lowest BCUT2D eigenvalue weighted by molar-refractivity contribution is -0.115. The van der Waals surface area contributed by atoms with Crippen LogP contribution in [0.3, 0.4) is 0 Å². The summed E-state index contributed by atoms with van der Waals surface area (Å²) in [6.07, 6.45) is 4.15. The molecule has 16 heavy (non-hydrogen) atoms. The maximum Gasteiger partial charge on any atom is 0.244 e. The lowest BCUT2D eigenvalue weighted by Gasteiger charge is -2.29. The standard InChI is InChI=1S/C11H12ClN3O/c12-8-3-9-11(13-4-8)15(5-7-1-2-7)6-10(16)14-9/h3-4,7H,1-2,5-6H2,(H,14,16). The maximum absolute atomic E-state index is 11.5. The van der Waals surface area contributed by atoms with Gasteiger partial charge in [0, 0.05) is 12.7 Å². The van der Waals surface area contributed by atoms with E-state index in [1.54, 1.807) is 12.3 Å². The summed E-state index contributed by atoms with van der Waals surface area (Å²) in [6, 6.07) is 1.75. The molecule has 5 heteroatoms. The largest absolute Gasteiger partial charge is 0.345 e. The third-order valence-electron chi connectivity index (χ3n) is 2.92. The number of halogens is 1. The molecule has 4 nitrogen and oxygen atoms in total. The molecule has 84 valence electrons. The number of anilines is 2. The third-order valence-corrected chi connectivity index (χ3v) is 3.12. The number of fused-ring (bicyclic) bond motifs is 1. The molecule has 1 aliphatic carbocycles. The second-order valence-corrected chi connectivity index (χ2v) is 4.83. The summed E-state index contributed by atoms with van der Waals surface area (Å²) in [6.45, 7) is 1.33. The Kier molecular flexibility index (Phi) is 2.24. The van der Waals surface area contributed by atoms with Gasteiger partial charge in [0.15, 0.2) is 5.82 Å². The van der Waals surface area contributed by atoms with Gasteiger partial charge >= 0.3 is 0 Å². The van der Waals surface area contributed by atoms with Crippen LogP contribution in [0.5, 0.6) is 0 Å². The van der Waals surface area contributed by atoms with Crippen LogP contribution in [-0.2, 0) is 4.79 Å². The number of carbonyl (C=O) groups is 1. The summed E-state index contributed by atoms with van der Waals surface area (Å²) in [5.41, 5.74) is 0.726. The number of rotatable bonds is 2. The Balaban J connectivity index is 1.93. The molecule has 1 saturated carbocycles. The zero-order valence-electron chi connectivity index (χ0n) is 8.74. The van der Waals surface area contributed by atoms with Gasteiger partial charge in [0.1, 0.15) is 0 Å². The fourth-order valence-corrected chi connectivity index (χ4v) is 2.14. The highest BCUT2D eigenvalue weighted by atomic mass is 35.5. The van der Waals surface area contributed by atoms with Crippen LogP contribution in [0.1, 0.15) is 12.8 Å². The summed E-state index contributed by atoms with van der Waals surface area (Å²) in [5, 5.41) is 3.35. The zero-order chi connectivity index (χ0) is 11.1. The van der Waals surface area contributed by atoms with Gasteiger partial charge in [-0.1, -0.05) is 11.6 Å². The van der Waals surface area contributed by atoms with Gasteiger partial charge < -0.3 is 10.2 Å². The van der Waals surface area contributed by atoms with Crippen molar-refractivity contribution in [2.24, 2.45) is 5.92 Å². The Labute approximate surface area is 98.6 Å². The topological polar surface area (TPSA) is 45.2 Å². The summed E-state index contributed by atoms with van der Waals surface area (Å²) < 4.78 is 0. The highest BCUT2D eigenvalue weighted by Crippen LogP contribution is 2.35. The van der Waals surface area contributed by atoms with Crippen LogP contribution < -0.4 is 10.2 Å². The smallest absolute Gasteiger partial charge is 0.244 e. The molecule has 1 aliphatic heterocycles. The van der Waals surface area contributed by atoms with Crippen molar-refractivity contribution in [1.82, 2.24) is 4.98 Å². The Hall–Kier alpha value is -1.29. The van der Waals surface area contributed by atoms with Crippen LogP contribution in [0.25, 0.3) is 0 Å². The van der Waals surface area contributed by atoms with E-state index in [2.05, 4.69) is 10.3 Å². The quantitative estimate of drug-likeness (QED) is 0.855. The summed E-state index contributed by atoms with van der Waals surface area (Å²) in [5.74, 6) is 1.59. The minimum absolute atomic E-state index is 0.0113. The van der Waals surface area contributed by atoms with Crippen LogP contribution in [-0.4, -0.2) is 24.0 Å². The van der Waals surface area contributed by atoms with E-state index in [9.17, 15) is 4.79 Å². The molecule has 0 bridgehead atoms. The molecule has 0 aromatic carbocycles. The van der Waals surface area contributed by atoms with Gasteiger partial charge in [0.2, 0.25) is 5.91 Å². The summed E-state index contributed by atoms with van der Waals surface area (Å²) >= 11 is 5.86. The van der Waals surface area contributed by atoms with E-state index in [1.807, 2.05) is 4.90 Å². The van der Waals surface area contributed by atoms with Crippen LogP contribution in [0.15, 0.2) is 12.3 Å². The zero-order valence-corrected chi connectivity index (χ0v) is 9.50. The molecule has 3 rings (SSSR count). The molecule has 1 amide bonds. The van der Waals surface area contributed by atoms with Crippen molar-refractivity contribution in [3.8, 4) is 0 Å². The van der Waals surface area contributed by atoms with E-state index in [-0.39, 0.29) is 5.91 Å². The summed E-state index contributed by atoms with van der Waals surface area (Å²) in [4.78, 5) is 17.9. The van der Waals surface area contributed by atoms with Gasteiger partial charge in [0.05, 0.1) is 17.3 Å². The lowest BCUT2D eigenvalue weighted by Crippen LogP contribution is -2.39. The summed E-state index contributed by atoms with van der Waals surface area (Å²) in [7, 11) is 0. The fraction of sp³-hybridized carbons (Fsp3) is 0.455. The Morgan fingerprint density at radius 1 is 1.56 bits per heavy atom. The second kappa shape index (κ2) is 3.63. The fourth-order valence-electron chi connectivity index (χ4n) is 1.98. The highest BCUT2D eigenvalue weighted by molar-refractivity contribution is 6.31. The first kappa shape index (κ1) is 9.90. The highest BCUT2D eigenvalue weighted by Gasteiger charge is 2.29. The monoisotopic (exact) mass is 237 g/mol. The minimum Gasteiger partial charge on any atom is -0.345 e. The van der Waals surface area contributed by atoms with Gasteiger partial charge in [-0.3, -0.25) is 4.79 Å². The number of hydrogen-bond donors (Lipinski definition) is 1. The molecule has 2 aliphatic rings. The molecule has 2 heterocycles. The molecule has 1 fully saturated rings. The first-order chi connectivity index (χ1) is 7.72. The van der Waals surface area contributed by atoms with Crippen molar-refractivity contribution in [2.75, 3.05) is 23.3 Å². The van der Waals surface area contributed by atoms with Gasteiger partial charge in [0.25, 0.3) is 0 Å². The third kappa shape index (κ3) is 1.85. The molecule has 0 spiro atoms. The average molecular weight is 238 g/mol. The van der Waals surface area contributed by atoms with E-state index in [4.69, 9.17) is 11.6 Å². The average Bonchev–Trinajstić information content (AvgIpc) is 3.00. The lowest BCUT2D eigenvalue weighted by atomic mass is 10.2. The molecule has 1 N–H and O–H groups in total. The van der Waals surface area contributed by atoms with Crippen molar-refractivity contribution in [3.63, 3.8) is 0 Å². The molecule has 1 aromatic rings. The molecule has 0 radical (unpaired) electrons. The number of nitrogens with zero attached hydrogens (tertiary/aromatic N) is 2. The van der Waals surface area contributed by atoms with E-state index < -0.39 is 0 Å². The predicted octanol–water partition coefficient (Wildman–Crippen LogP) is 1.90. The van der Waals surface area contributed by atoms with Crippen molar-refractivity contribution >= 4 is 29.0 Å². The number of amides is 1. The molecular weight excluding hydrogens is 226 g/mol. The predicted molar refractivity (Wildman–Crippen MR) is 62.8 cm³/mol. The molecule has 0 unspecified atom stereocenters. The van der Waals surface area contributed by atoms with E-state index >= 15 is 0 Å². The van der Waals surface area contributed by atoms with Crippen LogP contribution in [0, 0.1) is 5.92 Å². The Morgan fingerprint density at radius 3 is 3.12 bits per heavy atom. The number of pyridine rings is 1.